The van der Waals surface area contributed by atoms with E-state index < -0.39 is 0 Å². The van der Waals surface area contributed by atoms with Gasteiger partial charge in [-0.15, -0.1) is 0 Å². The smallest absolute Gasteiger partial charge is 0.258 e. The van der Waals surface area contributed by atoms with Crippen LogP contribution in [-0.2, 0) is 0 Å². The molecule has 2 N–H and O–H groups in total. The van der Waals surface area contributed by atoms with E-state index in [1.165, 1.54) is 0 Å². The summed E-state index contributed by atoms with van der Waals surface area (Å²) in [4.78, 5) is 16.1. The van der Waals surface area contributed by atoms with Crippen molar-refractivity contribution in [1.29, 1.82) is 0 Å². The van der Waals surface area contributed by atoms with Gasteiger partial charge in [0.15, 0.2) is 0 Å². The number of aromatic nitrogens is 2. The van der Waals surface area contributed by atoms with Crippen LogP contribution in [0.4, 0.5) is 11.7 Å². The van der Waals surface area contributed by atoms with Gasteiger partial charge in [0.25, 0.3) is 5.91 Å². The summed E-state index contributed by atoms with van der Waals surface area (Å²) in [7, 11) is 0. The molecule has 100 valence electrons. The fourth-order valence-corrected chi connectivity index (χ4v) is 1.53. The van der Waals surface area contributed by atoms with E-state index in [1.807, 2.05) is 0 Å². The van der Waals surface area contributed by atoms with Gasteiger partial charge >= 0.3 is 0 Å². The molecule has 1 amide bonds. The summed E-state index contributed by atoms with van der Waals surface area (Å²) >= 11 is 0. The Hall–Kier alpha value is -2.37. The maximum atomic E-state index is 12.0. The first-order valence-electron chi connectivity index (χ1n) is 6.13. The Balaban J connectivity index is 2.06. The van der Waals surface area contributed by atoms with Crippen molar-refractivity contribution in [2.45, 2.75) is 20.3 Å². The predicted molar refractivity (Wildman–Crippen MR) is 72.2 cm³/mol. The minimum absolute atomic E-state index is 0.252. The third-order valence-corrected chi connectivity index (χ3v) is 2.44. The molecule has 0 aromatic carbocycles. The van der Waals surface area contributed by atoms with Crippen LogP contribution in [0.1, 0.15) is 29.4 Å². The maximum absolute atomic E-state index is 12.0. The van der Waals surface area contributed by atoms with E-state index in [9.17, 15) is 4.79 Å². The minimum atomic E-state index is -0.252. The Morgan fingerprint density at radius 1 is 1.42 bits per heavy atom. The van der Waals surface area contributed by atoms with E-state index in [1.54, 1.807) is 31.3 Å². The van der Waals surface area contributed by atoms with Gasteiger partial charge in [-0.25, -0.2) is 4.98 Å². The summed E-state index contributed by atoms with van der Waals surface area (Å²) in [6.07, 6.45) is 2.59. The van der Waals surface area contributed by atoms with Crippen LogP contribution in [0, 0.1) is 6.92 Å². The first kappa shape index (κ1) is 13.1. The van der Waals surface area contributed by atoms with Crippen LogP contribution in [0.5, 0.6) is 0 Å². The maximum Gasteiger partial charge on any atom is 0.258 e. The molecule has 0 atom stereocenters. The lowest BCUT2D eigenvalue weighted by Crippen LogP contribution is -2.12. The van der Waals surface area contributed by atoms with Gasteiger partial charge < -0.3 is 9.84 Å². The Kier molecular flexibility index (Phi) is 4.12. The van der Waals surface area contributed by atoms with Crippen molar-refractivity contribution in [3.05, 3.63) is 35.7 Å². The highest BCUT2D eigenvalue weighted by molar-refractivity contribution is 6.03. The van der Waals surface area contributed by atoms with Crippen molar-refractivity contribution in [2.75, 3.05) is 17.2 Å². The predicted octanol–water partition coefficient (Wildman–Crippen LogP) is 2.45. The number of hydrogen-bond donors (Lipinski definition) is 2. The molecule has 0 saturated carbocycles. The van der Waals surface area contributed by atoms with Crippen LogP contribution in [0.3, 0.4) is 0 Å². The molecule has 0 aliphatic rings. The molecule has 2 heterocycles. The summed E-state index contributed by atoms with van der Waals surface area (Å²) in [5.74, 6) is 0.767. The van der Waals surface area contributed by atoms with Crippen molar-refractivity contribution >= 4 is 17.6 Å². The molecule has 2 aromatic heterocycles. The van der Waals surface area contributed by atoms with Gasteiger partial charge in [0.1, 0.15) is 5.82 Å². The Morgan fingerprint density at radius 3 is 2.95 bits per heavy atom. The zero-order valence-corrected chi connectivity index (χ0v) is 10.9. The monoisotopic (exact) mass is 260 g/mol. The molecule has 0 fully saturated rings. The third kappa shape index (κ3) is 3.54. The van der Waals surface area contributed by atoms with Crippen molar-refractivity contribution in [1.82, 2.24) is 10.1 Å². The average Bonchev–Trinajstić information content (AvgIpc) is 2.82. The van der Waals surface area contributed by atoms with Crippen LogP contribution >= 0.6 is 0 Å². The zero-order chi connectivity index (χ0) is 13.7. The summed E-state index contributed by atoms with van der Waals surface area (Å²) in [6.45, 7) is 4.67. The van der Waals surface area contributed by atoms with Crippen molar-refractivity contribution in [2.24, 2.45) is 0 Å². The largest absolute Gasteiger partial charge is 0.370 e. The van der Waals surface area contributed by atoms with Gasteiger partial charge in [0.05, 0.1) is 5.69 Å². The lowest BCUT2D eigenvalue weighted by Gasteiger charge is -2.05. The van der Waals surface area contributed by atoms with Crippen LogP contribution < -0.4 is 10.6 Å². The van der Waals surface area contributed by atoms with Crippen LogP contribution in [0.2, 0.25) is 0 Å². The lowest BCUT2D eigenvalue weighted by molar-refractivity contribution is 0.102. The van der Waals surface area contributed by atoms with E-state index in [4.69, 9.17) is 4.52 Å². The molecule has 0 aliphatic carbocycles. The number of amides is 1. The summed E-state index contributed by atoms with van der Waals surface area (Å²) in [5.41, 5.74) is 1.23. The van der Waals surface area contributed by atoms with Crippen LogP contribution in [-0.4, -0.2) is 22.6 Å². The van der Waals surface area contributed by atoms with Gasteiger partial charge in [-0.05, 0) is 25.5 Å². The third-order valence-electron chi connectivity index (χ3n) is 2.44. The molecule has 2 rings (SSSR count). The van der Waals surface area contributed by atoms with Crippen LogP contribution in [0.15, 0.2) is 28.9 Å². The second kappa shape index (κ2) is 5.99. The minimum Gasteiger partial charge on any atom is -0.370 e. The summed E-state index contributed by atoms with van der Waals surface area (Å²) in [6, 6.07) is 5.01. The molecule has 0 radical (unpaired) electrons. The van der Waals surface area contributed by atoms with Gasteiger partial charge in [-0.1, -0.05) is 12.1 Å². The van der Waals surface area contributed by atoms with Crippen LogP contribution in [0.25, 0.3) is 0 Å². The summed E-state index contributed by atoms with van der Waals surface area (Å²) < 4.78 is 4.94. The SMILES string of the molecule is CCCNc1cc(C(=O)Nc2cc(C)no2)ccn1. The summed E-state index contributed by atoms with van der Waals surface area (Å²) in [5, 5.41) is 9.48. The molecular formula is C13H16N4O2. The number of nitrogens with one attached hydrogen (secondary N) is 2. The van der Waals surface area contributed by atoms with Crippen molar-refractivity contribution in [3.8, 4) is 0 Å². The average molecular weight is 260 g/mol. The van der Waals surface area contributed by atoms with Gasteiger partial charge in [0.2, 0.25) is 5.88 Å². The van der Waals surface area contributed by atoms with Crippen molar-refractivity contribution < 1.29 is 9.32 Å². The molecule has 19 heavy (non-hydrogen) atoms. The topological polar surface area (TPSA) is 80.0 Å². The lowest BCUT2D eigenvalue weighted by atomic mass is 10.2. The molecule has 0 saturated heterocycles. The number of aryl methyl sites for hydroxylation is 1. The quantitative estimate of drug-likeness (QED) is 0.863. The highest BCUT2D eigenvalue weighted by Gasteiger charge is 2.10. The van der Waals surface area contributed by atoms with Crippen molar-refractivity contribution in [3.63, 3.8) is 0 Å². The normalized spacial score (nSPS) is 10.2. The molecule has 2 aromatic rings. The van der Waals surface area contributed by atoms with E-state index in [0.717, 1.165) is 18.7 Å². The molecule has 0 spiro atoms. The van der Waals surface area contributed by atoms with E-state index >= 15 is 0 Å². The zero-order valence-electron chi connectivity index (χ0n) is 10.9. The van der Waals surface area contributed by atoms with E-state index in [0.29, 0.717) is 17.3 Å². The number of pyridine rings is 1. The number of nitrogens with zero attached hydrogens (tertiary/aromatic N) is 2. The van der Waals surface area contributed by atoms with E-state index in [-0.39, 0.29) is 5.91 Å². The molecule has 0 unspecified atom stereocenters. The first-order chi connectivity index (χ1) is 9.19. The molecule has 0 bridgehead atoms. The second-order valence-electron chi connectivity index (χ2n) is 4.14. The molecular weight excluding hydrogens is 244 g/mol. The highest BCUT2D eigenvalue weighted by Crippen LogP contribution is 2.12. The number of anilines is 2. The van der Waals surface area contributed by atoms with Gasteiger partial charge in [0, 0.05) is 24.4 Å². The Labute approximate surface area is 111 Å². The second-order valence-corrected chi connectivity index (χ2v) is 4.14. The Bertz CT molecular complexity index is 565. The number of carbonyl (C=O) groups is 1. The number of carbonyl (C=O) groups excluding carboxylic acids is 1. The fourth-order valence-electron chi connectivity index (χ4n) is 1.53. The fraction of sp³-hybridized carbons (Fsp3) is 0.308. The van der Waals surface area contributed by atoms with E-state index in [2.05, 4.69) is 27.7 Å². The number of hydrogen-bond acceptors (Lipinski definition) is 5. The van der Waals surface area contributed by atoms with Gasteiger partial charge in [-0.3, -0.25) is 10.1 Å². The number of rotatable bonds is 5. The molecule has 6 heteroatoms. The highest BCUT2D eigenvalue weighted by atomic mass is 16.5. The standard InChI is InChI=1S/C13H16N4O2/c1-3-5-14-11-8-10(4-6-15-11)13(18)16-12-7-9(2)17-19-12/h4,6-8H,3,5H2,1-2H3,(H,14,15)(H,16,18). The van der Waals surface area contributed by atoms with Gasteiger partial charge in [-0.2, -0.15) is 0 Å². The molecule has 6 nitrogen and oxygen atoms in total. The Morgan fingerprint density at radius 2 is 2.26 bits per heavy atom. The first-order valence-corrected chi connectivity index (χ1v) is 6.13. The molecule has 0 aliphatic heterocycles.